The van der Waals surface area contributed by atoms with E-state index in [4.69, 9.17) is 33.4 Å². The zero-order valence-electron chi connectivity index (χ0n) is 25.6. The lowest BCUT2D eigenvalue weighted by atomic mass is 10.0. The SMILES string of the molecule is O=C(CI)N(Cc1ccc(Cl)cc1)[12CH2][12CH](O)[12CH](O)[12CH](O)[12CH](O)[12CH2]O.O=C(CI)N(Cc1ccc(Cl)cc1)[13CH2][13CH](O)[13CH](O)[13CH](O)[13CH](O)[13CH2]O. The van der Waals surface area contributed by atoms with Gasteiger partial charge in [0.05, 0.1) is 22.1 Å². The number of benzene rings is 2. The maximum Gasteiger partial charge on any atom is 0.232 e. The van der Waals surface area contributed by atoms with Gasteiger partial charge in [-0.1, -0.05) is 92.6 Å². The van der Waals surface area contributed by atoms with Crippen molar-refractivity contribution in [2.24, 2.45) is 0 Å². The van der Waals surface area contributed by atoms with E-state index in [-0.39, 0.29) is 46.8 Å². The predicted octanol–water partition coefficient (Wildman–Crippen LogP) is -0.921. The second kappa shape index (κ2) is 23.5. The van der Waals surface area contributed by atoms with Crippen molar-refractivity contribution in [1.29, 1.82) is 0 Å². The molecule has 18 heteroatoms. The Morgan fingerprint density at radius 1 is 0.542 bits per heavy atom. The van der Waals surface area contributed by atoms with Gasteiger partial charge in [0.15, 0.2) is 0 Å². The van der Waals surface area contributed by atoms with E-state index in [9.17, 15) is 50.4 Å². The molecule has 0 fully saturated rings. The predicted molar refractivity (Wildman–Crippen MR) is 194 cm³/mol. The van der Waals surface area contributed by atoms with Crippen LogP contribution in [0.1, 0.15) is 11.1 Å². The molecule has 0 radical (unpaired) electrons. The van der Waals surface area contributed by atoms with E-state index in [1.807, 2.05) is 45.2 Å². The number of nitrogens with zero attached hydrogens (tertiary/aromatic N) is 2. The Morgan fingerprint density at radius 3 is 1.06 bits per heavy atom. The first-order valence-corrected chi connectivity index (χ1v) is 18.2. The van der Waals surface area contributed by atoms with Gasteiger partial charge in [0.2, 0.25) is 11.8 Å². The number of alkyl halides is 2. The molecule has 0 bridgehead atoms. The number of carbonyl (C=O) groups excluding carboxylic acids is 2. The van der Waals surface area contributed by atoms with Gasteiger partial charge in [-0.15, -0.1) is 0 Å². The number of hydrogen-bond donors (Lipinski definition) is 10. The molecule has 2 amide bonds. The van der Waals surface area contributed by atoms with Gasteiger partial charge in [-0.2, -0.15) is 0 Å². The summed E-state index contributed by atoms with van der Waals surface area (Å²) in [6.07, 6.45) is -13.0. The number of carbonyl (C=O) groups is 2. The van der Waals surface area contributed by atoms with Crippen molar-refractivity contribution < 1.29 is 60.7 Å². The van der Waals surface area contributed by atoms with Crippen molar-refractivity contribution in [3.63, 3.8) is 0 Å². The maximum atomic E-state index is 12.0. The summed E-state index contributed by atoms with van der Waals surface area (Å²) < 4.78 is 0.353. The summed E-state index contributed by atoms with van der Waals surface area (Å²) in [5.41, 5.74) is 1.57. The average Bonchev–Trinajstić information content (AvgIpc) is 3.10. The fourth-order valence-corrected chi connectivity index (χ4v) is 5.31. The summed E-state index contributed by atoms with van der Waals surface area (Å²) in [5.74, 6) is -0.511. The molecular weight excluding hydrogens is 911 g/mol. The Bertz CT molecular complexity index is 1130. The molecule has 2 aromatic rings. The fourth-order valence-electron chi connectivity index (χ4n) is 4.09. The van der Waals surface area contributed by atoms with Gasteiger partial charge in [-0.05, 0) is 35.4 Å². The van der Waals surface area contributed by atoms with Crippen molar-refractivity contribution in [2.75, 3.05) is 35.2 Å². The number of aliphatic hydroxyl groups is 10. The molecule has 0 aliphatic rings. The summed E-state index contributed by atoms with van der Waals surface area (Å²) in [6.45, 7) is -1.59. The Morgan fingerprint density at radius 2 is 0.812 bits per heavy atom. The first-order chi connectivity index (χ1) is 22.6. The summed E-state index contributed by atoms with van der Waals surface area (Å²) in [7, 11) is 0. The Hall–Kier alpha value is -0.980. The van der Waals surface area contributed by atoms with E-state index in [1.165, 1.54) is 9.80 Å². The smallest absolute Gasteiger partial charge is 0.232 e. The van der Waals surface area contributed by atoms with Gasteiger partial charge in [0.25, 0.3) is 0 Å². The number of amides is 2. The minimum atomic E-state index is -1.72. The molecule has 48 heavy (non-hydrogen) atoms. The topological polar surface area (TPSA) is 243 Å². The van der Waals surface area contributed by atoms with Gasteiger partial charge < -0.3 is 60.9 Å². The standard InChI is InChI=1S/2C15H21ClINO6/c2*16-10-3-1-9(2-4-10)6-18(13(22)5-17)7-11(20)14(23)15(24)12(21)8-19/h2*1-4,11-12,14-15,19-21,23-24H,5-8H2/i7+1,8+1,11+1,12+1,14+1,15+1;7+0,8+0,11+0,12+0,14+0,15+0. The number of rotatable bonds is 18. The van der Waals surface area contributed by atoms with Crippen molar-refractivity contribution >= 4 is 80.2 Å². The number of hydrogen-bond acceptors (Lipinski definition) is 12. The van der Waals surface area contributed by atoms with E-state index >= 15 is 0 Å². The molecule has 8 unspecified atom stereocenters. The summed E-state index contributed by atoms with van der Waals surface area (Å²) >= 11 is 15.4. The molecule has 0 aromatic heterocycles. The van der Waals surface area contributed by atoms with E-state index in [0.717, 1.165) is 11.1 Å². The van der Waals surface area contributed by atoms with Crippen molar-refractivity contribution in [1.82, 2.24) is 9.80 Å². The fraction of sp³-hybridized carbons (Fsp3) is 0.533. The van der Waals surface area contributed by atoms with Crippen molar-refractivity contribution in [3.05, 3.63) is 69.7 Å². The van der Waals surface area contributed by atoms with Gasteiger partial charge in [-0.3, -0.25) is 9.59 Å². The highest BCUT2D eigenvalue weighted by Crippen LogP contribution is 2.16. The van der Waals surface area contributed by atoms with Crippen LogP contribution in [0.15, 0.2) is 48.5 Å². The number of halogens is 4. The average molecular weight is 953 g/mol. The van der Waals surface area contributed by atoms with E-state index in [2.05, 4.69) is 0 Å². The third-order valence-corrected chi connectivity index (χ3v) is 8.78. The summed E-state index contributed by atoms with van der Waals surface area (Å²) in [4.78, 5) is 26.8. The highest BCUT2D eigenvalue weighted by Gasteiger charge is 2.33. The van der Waals surface area contributed by atoms with Crippen LogP contribution in [0, 0.1) is 0 Å². The van der Waals surface area contributed by atoms with E-state index in [0.29, 0.717) is 10.0 Å². The molecule has 10 N–H and O–H groups in total. The molecule has 272 valence electrons. The Labute approximate surface area is 315 Å². The third-order valence-electron chi connectivity index (χ3n) is 6.97. The molecule has 0 aliphatic carbocycles. The minimum Gasteiger partial charge on any atom is -0.394 e. The highest BCUT2D eigenvalue weighted by molar-refractivity contribution is 14.1. The van der Waals surface area contributed by atoms with Crippen LogP contribution in [0.3, 0.4) is 0 Å². The molecule has 2 rings (SSSR count). The Balaban J connectivity index is 0.000000480. The van der Waals surface area contributed by atoms with E-state index in [1.54, 1.807) is 48.5 Å². The third kappa shape index (κ3) is 15.5. The summed E-state index contributed by atoms with van der Waals surface area (Å²) in [6, 6.07) is 13.7. The van der Waals surface area contributed by atoms with Crippen molar-refractivity contribution in [3.8, 4) is 0 Å². The second-order valence-electron chi connectivity index (χ2n) is 10.7. The minimum absolute atomic E-state index is 0.177. The second-order valence-corrected chi connectivity index (χ2v) is 13.1. The lowest BCUT2D eigenvalue weighted by Crippen LogP contribution is -2.50. The van der Waals surface area contributed by atoms with Crippen LogP contribution in [0.25, 0.3) is 0 Å². The van der Waals surface area contributed by atoms with Crippen LogP contribution in [0.5, 0.6) is 0 Å². The van der Waals surface area contributed by atoms with Crippen molar-refractivity contribution in [2.45, 2.75) is 61.9 Å². The largest absolute Gasteiger partial charge is 0.394 e. The van der Waals surface area contributed by atoms with Gasteiger partial charge in [0, 0.05) is 36.2 Å². The molecule has 0 spiro atoms. The van der Waals surface area contributed by atoms with Crippen LogP contribution in [-0.4, -0.2) is 157 Å². The number of aliphatic hydroxyl groups excluding tert-OH is 10. The molecular formula is C30H42Cl2I2N2O12. The van der Waals surface area contributed by atoms with Gasteiger partial charge in [0.1, 0.15) is 48.8 Å². The van der Waals surface area contributed by atoms with Gasteiger partial charge >= 0.3 is 0 Å². The molecule has 0 heterocycles. The maximum absolute atomic E-state index is 12.0. The summed E-state index contributed by atoms with van der Waals surface area (Å²) in [5, 5.41) is 96.5. The zero-order chi connectivity index (χ0) is 36.6. The monoisotopic (exact) mass is 952 g/mol. The quantitative estimate of drug-likeness (QED) is 0.0496. The normalized spacial score (nSPS) is 16.3. The van der Waals surface area contributed by atoms with Gasteiger partial charge in [-0.25, -0.2) is 0 Å². The molecule has 0 aliphatic heterocycles. The molecule has 14 nitrogen and oxygen atoms in total. The van der Waals surface area contributed by atoms with Crippen LogP contribution in [0.2, 0.25) is 10.0 Å². The van der Waals surface area contributed by atoms with Crippen LogP contribution < -0.4 is 0 Å². The van der Waals surface area contributed by atoms with E-state index < -0.39 is 62.0 Å². The lowest BCUT2D eigenvalue weighted by Gasteiger charge is -2.30. The zero-order valence-corrected chi connectivity index (χ0v) is 31.4. The lowest BCUT2D eigenvalue weighted by molar-refractivity contribution is -0.138. The van der Waals surface area contributed by atoms with Crippen LogP contribution in [0.4, 0.5) is 0 Å². The molecule has 8 atom stereocenters. The van der Waals surface area contributed by atoms with Crippen LogP contribution in [-0.2, 0) is 22.7 Å². The highest BCUT2D eigenvalue weighted by atomic mass is 127. The molecule has 0 saturated heterocycles. The molecule has 0 saturated carbocycles. The van der Waals surface area contributed by atoms with Crippen LogP contribution >= 0.6 is 68.4 Å². The Kier molecular flexibility index (Phi) is 22.0. The molecule has 2 aromatic carbocycles. The first kappa shape index (κ1) is 45.0. The first-order valence-electron chi connectivity index (χ1n) is 14.4.